The highest BCUT2D eigenvalue weighted by atomic mass is 79.9. The molecular weight excluding hydrogens is 362 g/mol. The van der Waals surface area contributed by atoms with E-state index >= 15 is 0 Å². The van der Waals surface area contributed by atoms with E-state index in [0.29, 0.717) is 21.7 Å². The van der Waals surface area contributed by atoms with Crippen LogP contribution in [-0.2, 0) is 9.53 Å². The second kappa shape index (κ2) is 7.81. The summed E-state index contributed by atoms with van der Waals surface area (Å²) in [6.07, 6.45) is 1.19. The number of carbonyl (C=O) groups is 2. The van der Waals surface area contributed by atoms with E-state index in [2.05, 4.69) is 22.9 Å². The Morgan fingerprint density at radius 3 is 2.57 bits per heavy atom. The SMILES string of the molecule is COc1ccc(Br)c(C(=O)O[C@H](C)C(=O)N2CCC(C)CC2)c1. The van der Waals surface area contributed by atoms with Gasteiger partial charge in [0, 0.05) is 17.6 Å². The van der Waals surface area contributed by atoms with E-state index in [4.69, 9.17) is 9.47 Å². The highest BCUT2D eigenvalue weighted by molar-refractivity contribution is 9.10. The maximum absolute atomic E-state index is 12.4. The molecule has 1 amide bonds. The standard InChI is InChI=1S/C17H22BrNO4/c1-11-6-8-19(9-7-11)16(20)12(2)23-17(21)14-10-13(22-3)4-5-15(14)18/h4-5,10-12H,6-9H2,1-3H3/t12-/m1/s1. The van der Waals surface area contributed by atoms with Crippen LogP contribution in [0.15, 0.2) is 22.7 Å². The number of ether oxygens (including phenoxy) is 2. The van der Waals surface area contributed by atoms with Gasteiger partial charge in [0.15, 0.2) is 6.10 Å². The van der Waals surface area contributed by atoms with Crippen LogP contribution in [0.3, 0.4) is 0 Å². The van der Waals surface area contributed by atoms with E-state index in [1.54, 1.807) is 30.0 Å². The third-order valence-corrected chi connectivity index (χ3v) is 4.81. The van der Waals surface area contributed by atoms with Crippen molar-refractivity contribution in [1.29, 1.82) is 0 Å². The first-order valence-corrected chi connectivity index (χ1v) is 8.55. The summed E-state index contributed by atoms with van der Waals surface area (Å²) in [4.78, 5) is 26.5. The Hall–Kier alpha value is -1.56. The first-order chi connectivity index (χ1) is 10.9. The molecule has 0 aliphatic carbocycles. The smallest absolute Gasteiger partial charge is 0.340 e. The first-order valence-electron chi connectivity index (χ1n) is 7.75. The van der Waals surface area contributed by atoms with Gasteiger partial charge in [0.05, 0.1) is 12.7 Å². The number of amides is 1. The van der Waals surface area contributed by atoms with Crippen LogP contribution in [-0.4, -0.2) is 43.1 Å². The highest BCUT2D eigenvalue weighted by Crippen LogP contribution is 2.24. The third-order valence-electron chi connectivity index (χ3n) is 4.12. The fourth-order valence-corrected chi connectivity index (χ4v) is 2.96. The van der Waals surface area contributed by atoms with Crippen molar-refractivity contribution >= 4 is 27.8 Å². The molecule has 1 atom stereocenters. The molecule has 23 heavy (non-hydrogen) atoms. The van der Waals surface area contributed by atoms with Crippen molar-refractivity contribution in [3.63, 3.8) is 0 Å². The van der Waals surface area contributed by atoms with Crippen LogP contribution in [0.5, 0.6) is 5.75 Å². The minimum atomic E-state index is -0.797. The zero-order valence-corrected chi connectivity index (χ0v) is 15.3. The second-order valence-corrected chi connectivity index (χ2v) is 6.76. The summed E-state index contributed by atoms with van der Waals surface area (Å²) in [5, 5.41) is 0. The number of hydrogen-bond donors (Lipinski definition) is 0. The van der Waals surface area contributed by atoms with Gasteiger partial charge in [-0.3, -0.25) is 4.79 Å². The molecular formula is C17H22BrNO4. The Labute approximate surface area is 145 Å². The van der Waals surface area contributed by atoms with Crippen molar-refractivity contribution < 1.29 is 19.1 Å². The van der Waals surface area contributed by atoms with Gasteiger partial charge in [-0.05, 0) is 59.8 Å². The van der Waals surface area contributed by atoms with Crippen molar-refractivity contribution in [2.75, 3.05) is 20.2 Å². The number of benzene rings is 1. The van der Waals surface area contributed by atoms with E-state index in [1.165, 1.54) is 7.11 Å². The van der Waals surface area contributed by atoms with Crippen molar-refractivity contribution in [1.82, 2.24) is 4.90 Å². The molecule has 5 nitrogen and oxygen atoms in total. The molecule has 1 saturated heterocycles. The Morgan fingerprint density at radius 2 is 1.96 bits per heavy atom. The van der Waals surface area contributed by atoms with Crippen LogP contribution >= 0.6 is 15.9 Å². The fraction of sp³-hybridized carbons (Fsp3) is 0.529. The Bertz CT molecular complexity index is 582. The van der Waals surface area contributed by atoms with Crippen LogP contribution in [0.2, 0.25) is 0 Å². The number of hydrogen-bond acceptors (Lipinski definition) is 4. The van der Waals surface area contributed by atoms with Gasteiger partial charge in [0.1, 0.15) is 5.75 Å². The van der Waals surface area contributed by atoms with E-state index in [-0.39, 0.29) is 5.91 Å². The lowest BCUT2D eigenvalue weighted by atomic mass is 9.99. The minimum absolute atomic E-state index is 0.135. The Balaban J connectivity index is 2.00. The van der Waals surface area contributed by atoms with Crippen molar-refractivity contribution in [2.45, 2.75) is 32.8 Å². The first kappa shape index (κ1) is 17.8. The molecule has 6 heteroatoms. The molecule has 0 unspecified atom stereocenters. The number of halogens is 1. The molecule has 1 aromatic carbocycles. The molecule has 126 valence electrons. The van der Waals surface area contributed by atoms with Crippen LogP contribution in [0.1, 0.15) is 37.0 Å². The molecule has 0 spiro atoms. The van der Waals surface area contributed by atoms with Crippen LogP contribution in [0, 0.1) is 5.92 Å². The minimum Gasteiger partial charge on any atom is -0.497 e. The van der Waals surface area contributed by atoms with E-state index in [0.717, 1.165) is 25.9 Å². The predicted octanol–water partition coefficient (Wildman–Crippen LogP) is 3.26. The average molecular weight is 384 g/mol. The lowest BCUT2D eigenvalue weighted by molar-refractivity contribution is -0.141. The topological polar surface area (TPSA) is 55.8 Å². The molecule has 1 fully saturated rings. The van der Waals surface area contributed by atoms with Gasteiger partial charge >= 0.3 is 5.97 Å². The molecule has 0 radical (unpaired) electrons. The summed E-state index contributed by atoms with van der Waals surface area (Å²) in [5.41, 5.74) is 0.344. The normalized spacial score (nSPS) is 16.8. The molecule has 0 N–H and O–H groups in total. The highest BCUT2D eigenvalue weighted by Gasteiger charge is 2.27. The summed E-state index contributed by atoms with van der Waals surface area (Å²) in [7, 11) is 1.53. The molecule has 1 heterocycles. The van der Waals surface area contributed by atoms with E-state index < -0.39 is 12.1 Å². The molecule has 1 aromatic rings. The van der Waals surface area contributed by atoms with Gasteiger partial charge in [0.25, 0.3) is 5.91 Å². The van der Waals surface area contributed by atoms with Gasteiger partial charge in [-0.15, -0.1) is 0 Å². The van der Waals surface area contributed by atoms with Crippen LogP contribution in [0.4, 0.5) is 0 Å². The molecule has 0 aromatic heterocycles. The van der Waals surface area contributed by atoms with E-state index in [1.807, 2.05) is 0 Å². The number of methoxy groups -OCH3 is 1. The zero-order valence-electron chi connectivity index (χ0n) is 13.7. The fourth-order valence-electron chi connectivity index (χ4n) is 2.55. The number of piperidine rings is 1. The quantitative estimate of drug-likeness (QED) is 0.748. The summed E-state index contributed by atoms with van der Waals surface area (Å²) in [6.45, 7) is 5.26. The lowest BCUT2D eigenvalue weighted by Gasteiger charge is -2.31. The third kappa shape index (κ3) is 4.47. The summed E-state index contributed by atoms with van der Waals surface area (Å²) in [6, 6.07) is 5.05. The van der Waals surface area contributed by atoms with Crippen molar-refractivity contribution in [2.24, 2.45) is 5.92 Å². The molecule has 0 bridgehead atoms. The van der Waals surface area contributed by atoms with Crippen LogP contribution in [0.25, 0.3) is 0 Å². The summed E-state index contributed by atoms with van der Waals surface area (Å²) >= 11 is 3.32. The number of likely N-dealkylation sites (tertiary alicyclic amines) is 1. The summed E-state index contributed by atoms with van der Waals surface area (Å²) in [5.74, 6) is 0.528. The monoisotopic (exact) mass is 383 g/mol. The van der Waals surface area contributed by atoms with Gasteiger partial charge in [-0.2, -0.15) is 0 Å². The maximum Gasteiger partial charge on any atom is 0.340 e. The number of rotatable bonds is 4. The van der Waals surface area contributed by atoms with Gasteiger partial charge < -0.3 is 14.4 Å². The van der Waals surface area contributed by atoms with Crippen molar-refractivity contribution in [3.8, 4) is 5.75 Å². The molecule has 1 aliphatic rings. The maximum atomic E-state index is 12.4. The second-order valence-electron chi connectivity index (χ2n) is 5.90. The Kier molecular flexibility index (Phi) is 6.04. The predicted molar refractivity (Wildman–Crippen MR) is 90.5 cm³/mol. The number of nitrogens with zero attached hydrogens (tertiary/aromatic N) is 1. The van der Waals surface area contributed by atoms with Gasteiger partial charge in [-0.25, -0.2) is 4.79 Å². The zero-order chi connectivity index (χ0) is 17.0. The van der Waals surface area contributed by atoms with Gasteiger partial charge in [0.2, 0.25) is 0 Å². The Morgan fingerprint density at radius 1 is 1.30 bits per heavy atom. The van der Waals surface area contributed by atoms with E-state index in [9.17, 15) is 9.59 Å². The van der Waals surface area contributed by atoms with Crippen molar-refractivity contribution in [3.05, 3.63) is 28.2 Å². The molecule has 2 rings (SSSR count). The van der Waals surface area contributed by atoms with Gasteiger partial charge in [-0.1, -0.05) is 6.92 Å². The largest absolute Gasteiger partial charge is 0.497 e. The lowest BCUT2D eigenvalue weighted by Crippen LogP contribution is -2.44. The molecule has 1 aliphatic heterocycles. The summed E-state index contributed by atoms with van der Waals surface area (Å²) < 4.78 is 11.1. The van der Waals surface area contributed by atoms with Crippen LogP contribution < -0.4 is 4.74 Å². The average Bonchev–Trinajstić information content (AvgIpc) is 2.55. The number of esters is 1. The molecule has 0 saturated carbocycles. The number of carbonyl (C=O) groups excluding carboxylic acids is 2.